The molecular formula is C24H28ClF3N6O4. The molecule has 2 fully saturated rings. The van der Waals surface area contributed by atoms with E-state index in [0.29, 0.717) is 41.9 Å². The fourth-order valence-corrected chi connectivity index (χ4v) is 5.02. The minimum atomic E-state index is -4.67. The van der Waals surface area contributed by atoms with E-state index in [-0.39, 0.29) is 37.3 Å². The van der Waals surface area contributed by atoms with E-state index in [1.54, 1.807) is 12.1 Å². The van der Waals surface area contributed by atoms with Crippen LogP contribution in [0.4, 0.5) is 24.5 Å². The second-order valence-corrected chi connectivity index (χ2v) is 9.70. The quantitative estimate of drug-likeness (QED) is 0.479. The number of H-pyrrole nitrogens is 1. The zero-order valence-corrected chi connectivity index (χ0v) is 21.1. The summed E-state index contributed by atoms with van der Waals surface area (Å²) in [6, 6.07) is 4.57. The molecule has 14 heteroatoms. The van der Waals surface area contributed by atoms with Crippen molar-refractivity contribution in [3.63, 3.8) is 0 Å². The molecule has 0 spiro atoms. The lowest BCUT2D eigenvalue weighted by atomic mass is 9.84. The van der Waals surface area contributed by atoms with Gasteiger partial charge >= 0.3 is 6.18 Å². The van der Waals surface area contributed by atoms with Gasteiger partial charge in [-0.1, -0.05) is 11.6 Å². The summed E-state index contributed by atoms with van der Waals surface area (Å²) < 4.78 is 45.5. The first kappa shape index (κ1) is 27.7. The van der Waals surface area contributed by atoms with Crippen molar-refractivity contribution in [3.8, 4) is 0 Å². The average molecular weight is 557 g/mol. The third-order valence-corrected chi connectivity index (χ3v) is 7.12. The number of aromatic nitrogens is 2. The maximum absolute atomic E-state index is 13.4. The smallest absolute Gasteiger partial charge is 0.378 e. The average Bonchev–Trinajstić information content (AvgIpc) is 3.39. The van der Waals surface area contributed by atoms with Crippen LogP contribution in [-0.2, 0) is 9.53 Å². The maximum atomic E-state index is 13.4. The molecule has 1 aliphatic heterocycles. The molecule has 206 valence electrons. The van der Waals surface area contributed by atoms with E-state index in [0.717, 1.165) is 12.0 Å². The van der Waals surface area contributed by atoms with Gasteiger partial charge in [0.1, 0.15) is 12.2 Å². The number of alkyl halides is 3. The molecule has 1 saturated carbocycles. The van der Waals surface area contributed by atoms with Crippen LogP contribution in [0, 0.1) is 5.92 Å². The molecule has 4 N–H and O–H groups in total. The number of nitrogens with one attached hydrogen (secondary N) is 2. The van der Waals surface area contributed by atoms with E-state index >= 15 is 0 Å². The number of morpholine rings is 1. The fourth-order valence-electron chi connectivity index (χ4n) is 4.85. The summed E-state index contributed by atoms with van der Waals surface area (Å²) in [7, 11) is 0. The van der Waals surface area contributed by atoms with Crippen molar-refractivity contribution in [1.82, 2.24) is 14.9 Å². The summed E-state index contributed by atoms with van der Waals surface area (Å²) in [6.07, 6.45) is -2.78. The van der Waals surface area contributed by atoms with Crippen LogP contribution in [0.5, 0.6) is 0 Å². The molecule has 10 nitrogen and oxygen atoms in total. The highest BCUT2D eigenvalue weighted by Crippen LogP contribution is 2.33. The molecule has 3 amide bonds. The van der Waals surface area contributed by atoms with Gasteiger partial charge in [-0.05, 0) is 43.9 Å². The number of nitrogens with two attached hydrogens (primary N) is 1. The van der Waals surface area contributed by atoms with Crippen LogP contribution < -0.4 is 16.0 Å². The number of aromatic amines is 1. The highest BCUT2D eigenvalue weighted by atomic mass is 35.5. The third-order valence-electron chi connectivity index (χ3n) is 6.79. The molecule has 0 unspecified atom stereocenters. The summed E-state index contributed by atoms with van der Waals surface area (Å²) in [5.41, 5.74) is 5.75. The lowest BCUT2D eigenvalue weighted by molar-refractivity contribution is -0.146. The predicted octanol–water partition coefficient (Wildman–Crippen LogP) is 3.20. The molecule has 2 heterocycles. The Morgan fingerprint density at radius 2 is 1.87 bits per heavy atom. The highest BCUT2D eigenvalue weighted by molar-refractivity contribution is 6.33. The third kappa shape index (κ3) is 6.57. The van der Waals surface area contributed by atoms with E-state index in [2.05, 4.69) is 20.2 Å². The molecule has 2 aromatic rings. The molecule has 0 bridgehead atoms. The Balaban J connectivity index is 1.42. The van der Waals surface area contributed by atoms with Crippen molar-refractivity contribution in [2.45, 2.75) is 37.9 Å². The molecule has 1 saturated heterocycles. The van der Waals surface area contributed by atoms with Crippen LogP contribution in [0.15, 0.2) is 24.5 Å². The van der Waals surface area contributed by atoms with Gasteiger partial charge in [0, 0.05) is 30.7 Å². The van der Waals surface area contributed by atoms with Crippen LogP contribution >= 0.6 is 11.6 Å². The predicted molar refractivity (Wildman–Crippen MR) is 133 cm³/mol. The summed E-state index contributed by atoms with van der Waals surface area (Å²) >= 11 is 6.31. The number of benzene rings is 1. The van der Waals surface area contributed by atoms with Gasteiger partial charge in [0.15, 0.2) is 5.69 Å². The van der Waals surface area contributed by atoms with E-state index in [1.807, 2.05) is 6.07 Å². The minimum Gasteiger partial charge on any atom is -0.378 e. The van der Waals surface area contributed by atoms with Crippen molar-refractivity contribution >= 4 is 40.7 Å². The number of carbonyl (C=O) groups excluding carboxylic acids is 3. The molecule has 38 heavy (non-hydrogen) atoms. The van der Waals surface area contributed by atoms with Gasteiger partial charge in [0.25, 0.3) is 11.8 Å². The second kappa shape index (κ2) is 11.6. The van der Waals surface area contributed by atoms with Crippen molar-refractivity contribution < 1.29 is 32.3 Å². The number of amides is 3. The van der Waals surface area contributed by atoms with Gasteiger partial charge in [-0.3, -0.25) is 14.4 Å². The first-order chi connectivity index (χ1) is 18.0. The Kier molecular flexibility index (Phi) is 8.46. The number of rotatable bonds is 7. The number of anilines is 2. The summed E-state index contributed by atoms with van der Waals surface area (Å²) in [5, 5.41) is 3.22. The summed E-state index contributed by atoms with van der Waals surface area (Å²) in [6.45, 7) is 1.12. The highest BCUT2D eigenvalue weighted by Gasteiger charge is 2.40. The SMILES string of the molecule is NC(=O)c1[nH]cnc1C(=O)N(CC(F)(F)F)[C@H]1CC[C@H](C(=O)Nc2cc(N3CCOCC3)ccc2Cl)CC1. The molecule has 4 rings (SSSR count). The number of imidazole rings is 1. The van der Waals surface area contributed by atoms with Crippen molar-refractivity contribution in [2.75, 3.05) is 43.1 Å². The Labute approximate surface area is 221 Å². The number of halogens is 4. The molecule has 2 aliphatic rings. The number of carbonyl (C=O) groups is 3. The topological polar surface area (TPSA) is 134 Å². The molecule has 0 atom stereocenters. The van der Waals surface area contributed by atoms with Crippen LogP contribution in [0.2, 0.25) is 5.02 Å². The molecular weight excluding hydrogens is 529 g/mol. The van der Waals surface area contributed by atoms with Crippen LogP contribution in [0.1, 0.15) is 46.7 Å². The lowest BCUT2D eigenvalue weighted by Crippen LogP contribution is -2.48. The van der Waals surface area contributed by atoms with Crippen molar-refractivity contribution in [2.24, 2.45) is 11.7 Å². The Morgan fingerprint density at radius 1 is 1.18 bits per heavy atom. The van der Waals surface area contributed by atoms with Crippen molar-refractivity contribution in [1.29, 1.82) is 0 Å². The summed E-state index contributed by atoms with van der Waals surface area (Å²) in [5.74, 6) is -2.81. The van der Waals surface area contributed by atoms with Gasteiger partial charge in [-0.2, -0.15) is 13.2 Å². The monoisotopic (exact) mass is 556 g/mol. The zero-order chi connectivity index (χ0) is 27.4. The van der Waals surface area contributed by atoms with Gasteiger partial charge in [0.05, 0.1) is 30.3 Å². The van der Waals surface area contributed by atoms with E-state index in [9.17, 15) is 27.6 Å². The van der Waals surface area contributed by atoms with Crippen LogP contribution in [-0.4, -0.2) is 77.7 Å². The fraction of sp³-hybridized carbons (Fsp3) is 0.500. The lowest BCUT2D eigenvalue weighted by Gasteiger charge is -2.36. The van der Waals surface area contributed by atoms with Crippen molar-refractivity contribution in [3.05, 3.63) is 40.9 Å². The maximum Gasteiger partial charge on any atom is 0.406 e. The van der Waals surface area contributed by atoms with E-state index < -0.39 is 42.2 Å². The Hall–Kier alpha value is -3.32. The number of hydrogen-bond donors (Lipinski definition) is 3. The minimum absolute atomic E-state index is 0.164. The standard InChI is InChI=1S/C24H28ClF3N6O4/c25-17-6-5-16(33-7-9-38-10-8-33)11-18(17)32-22(36)14-1-3-15(4-2-14)34(12-24(26,27)28)23(37)20-19(21(29)35)30-13-31-20/h5-6,11,13-15H,1-4,7-10,12H2,(H2,29,35)(H,30,31)(H,32,36)/t14-,15-. The normalized spacial score (nSPS) is 20.2. The first-order valence-electron chi connectivity index (χ1n) is 12.2. The first-order valence-corrected chi connectivity index (χ1v) is 12.6. The number of nitrogens with zero attached hydrogens (tertiary/aromatic N) is 3. The molecule has 1 aromatic carbocycles. The van der Waals surface area contributed by atoms with E-state index in [4.69, 9.17) is 22.1 Å². The van der Waals surface area contributed by atoms with E-state index in [1.165, 1.54) is 0 Å². The second-order valence-electron chi connectivity index (χ2n) is 9.30. The van der Waals surface area contributed by atoms with Crippen LogP contribution in [0.25, 0.3) is 0 Å². The molecule has 1 aliphatic carbocycles. The van der Waals surface area contributed by atoms with Crippen LogP contribution in [0.3, 0.4) is 0 Å². The summed E-state index contributed by atoms with van der Waals surface area (Å²) in [4.78, 5) is 46.5. The van der Waals surface area contributed by atoms with Gasteiger partial charge < -0.3 is 30.6 Å². The Morgan fingerprint density at radius 3 is 2.50 bits per heavy atom. The number of primary amides is 1. The largest absolute Gasteiger partial charge is 0.406 e. The van der Waals surface area contributed by atoms with Gasteiger partial charge in [-0.15, -0.1) is 0 Å². The number of hydrogen-bond acceptors (Lipinski definition) is 6. The zero-order valence-electron chi connectivity index (χ0n) is 20.4. The number of ether oxygens (including phenoxy) is 1. The molecule has 0 radical (unpaired) electrons. The molecule has 1 aromatic heterocycles. The van der Waals surface area contributed by atoms with Gasteiger partial charge in [0.2, 0.25) is 5.91 Å². The van der Waals surface area contributed by atoms with Gasteiger partial charge in [-0.25, -0.2) is 4.98 Å². The Bertz CT molecular complexity index is 1180.